The number of rotatable bonds is 6. The Morgan fingerprint density at radius 3 is 2.09 bits per heavy atom. The molecule has 3 aromatic carbocycles. The molecule has 0 saturated heterocycles. The standard InChI is InChI=1S/C24H23N3O5/c1-15-9-11-17(12-10-15)23(30)26-20-14-18(25-22(29)16-7-5-4-6-8-16)13-19(21(20)28)24(31)27(2)32-3/h4-14,28H,1-3H3,(H,25,29)(H,26,30). The van der Waals surface area contributed by atoms with Crippen molar-refractivity contribution >= 4 is 29.1 Å². The van der Waals surface area contributed by atoms with Gasteiger partial charge in [0.25, 0.3) is 17.7 Å². The van der Waals surface area contributed by atoms with Crippen LogP contribution in [0.5, 0.6) is 5.75 Å². The lowest BCUT2D eigenvalue weighted by Crippen LogP contribution is -2.26. The molecule has 0 heterocycles. The lowest BCUT2D eigenvalue weighted by atomic mass is 10.1. The molecule has 8 nitrogen and oxygen atoms in total. The quantitative estimate of drug-likeness (QED) is 0.311. The Morgan fingerprint density at radius 1 is 0.875 bits per heavy atom. The zero-order valence-corrected chi connectivity index (χ0v) is 17.9. The van der Waals surface area contributed by atoms with Crippen LogP contribution >= 0.6 is 0 Å². The van der Waals surface area contributed by atoms with Gasteiger partial charge < -0.3 is 15.7 Å². The number of amides is 3. The van der Waals surface area contributed by atoms with Gasteiger partial charge in [-0.05, 0) is 43.3 Å². The molecule has 0 unspecified atom stereocenters. The molecule has 3 amide bonds. The Hall–Kier alpha value is -4.17. The number of phenols is 1. The second kappa shape index (κ2) is 9.76. The summed E-state index contributed by atoms with van der Waals surface area (Å²) in [5.41, 5.74) is 1.80. The van der Waals surface area contributed by atoms with E-state index in [1.54, 1.807) is 54.6 Å². The average Bonchev–Trinajstić information content (AvgIpc) is 2.80. The molecule has 0 aliphatic carbocycles. The lowest BCUT2D eigenvalue weighted by Gasteiger charge is -2.18. The number of anilines is 2. The molecule has 0 aliphatic rings. The van der Waals surface area contributed by atoms with E-state index in [1.807, 2.05) is 6.92 Å². The number of hydrogen-bond donors (Lipinski definition) is 3. The zero-order chi connectivity index (χ0) is 23.3. The van der Waals surface area contributed by atoms with Gasteiger partial charge in [-0.1, -0.05) is 35.9 Å². The summed E-state index contributed by atoms with van der Waals surface area (Å²) in [6.07, 6.45) is 0. The van der Waals surface area contributed by atoms with Crippen molar-refractivity contribution in [3.63, 3.8) is 0 Å². The molecule has 0 radical (unpaired) electrons. The van der Waals surface area contributed by atoms with E-state index >= 15 is 0 Å². The molecule has 8 heteroatoms. The largest absolute Gasteiger partial charge is 0.505 e. The van der Waals surface area contributed by atoms with E-state index in [9.17, 15) is 19.5 Å². The molecule has 0 bridgehead atoms. The third kappa shape index (κ3) is 5.11. The SMILES string of the molecule is CON(C)C(=O)c1cc(NC(=O)c2ccccc2)cc(NC(=O)c2ccc(C)cc2)c1O. The molecule has 0 saturated carbocycles. The first kappa shape index (κ1) is 22.5. The Labute approximate surface area is 185 Å². The summed E-state index contributed by atoms with van der Waals surface area (Å²) in [7, 11) is 2.68. The van der Waals surface area contributed by atoms with Crippen LogP contribution in [0, 0.1) is 6.92 Å². The Morgan fingerprint density at radius 2 is 1.47 bits per heavy atom. The number of hydroxylamine groups is 2. The normalized spacial score (nSPS) is 10.3. The smallest absolute Gasteiger partial charge is 0.281 e. The minimum Gasteiger partial charge on any atom is -0.505 e. The van der Waals surface area contributed by atoms with Crippen molar-refractivity contribution in [2.24, 2.45) is 0 Å². The fourth-order valence-corrected chi connectivity index (χ4v) is 2.91. The number of carbonyl (C=O) groups excluding carboxylic acids is 3. The van der Waals surface area contributed by atoms with Crippen LogP contribution in [0.15, 0.2) is 66.7 Å². The summed E-state index contributed by atoms with van der Waals surface area (Å²) in [6, 6.07) is 18.1. The molecular weight excluding hydrogens is 410 g/mol. The van der Waals surface area contributed by atoms with Crippen LogP contribution in [0.2, 0.25) is 0 Å². The van der Waals surface area contributed by atoms with E-state index in [4.69, 9.17) is 4.84 Å². The fourth-order valence-electron chi connectivity index (χ4n) is 2.91. The molecular formula is C24H23N3O5. The first-order chi connectivity index (χ1) is 15.3. The predicted octanol–water partition coefficient (Wildman–Crippen LogP) is 3.84. The summed E-state index contributed by atoms with van der Waals surface area (Å²) in [6.45, 7) is 1.90. The van der Waals surface area contributed by atoms with Gasteiger partial charge in [-0.3, -0.25) is 19.2 Å². The third-order valence-corrected chi connectivity index (χ3v) is 4.76. The van der Waals surface area contributed by atoms with Crippen molar-refractivity contribution in [3.8, 4) is 5.75 Å². The van der Waals surface area contributed by atoms with Gasteiger partial charge >= 0.3 is 0 Å². The second-order valence-electron chi connectivity index (χ2n) is 7.05. The molecule has 3 rings (SSSR count). The maximum Gasteiger partial charge on any atom is 0.281 e. The van der Waals surface area contributed by atoms with Gasteiger partial charge in [-0.2, -0.15) is 0 Å². The molecule has 3 aromatic rings. The van der Waals surface area contributed by atoms with E-state index in [-0.39, 0.29) is 16.9 Å². The van der Waals surface area contributed by atoms with Crippen LogP contribution in [0.4, 0.5) is 11.4 Å². The predicted molar refractivity (Wildman–Crippen MR) is 121 cm³/mol. The highest BCUT2D eigenvalue weighted by atomic mass is 16.7. The highest BCUT2D eigenvalue weighted by Gasteiger charge is 2.22. The van der Waals surface area contributed by atoms with E-state index in [0.717, 1.165) is 10.6 Å². The molecule has 164 valence electrons. The van der Waals surface area contributed by atoms with Gasteiger partial charge in [0.15, 0.2) is 5.75 Å². The van der Waals surface area contributed by atoms with Gasteiger partial charge in [0.1, 0.15) is 0 Å². The van der Waals surface area contributed by atoms with Crippen LogP contribution in [0.25, 0.3) is 0 Å². The number of phenolic OH excluding ortho intramolecular Hbond substituents is 1. The summed E-state index contributed by atoms with van der Waals surface area (Å²) in [4.78, 5) is 42.8. The van der Waals surface area contributed by atoms with E-state index in [0.29, 0.717) is 11.1 Å². The van der Waals surface area contributed by atoms with Gasteiger partial charge in [0.05, 0.1) is 18.4 Å². The molecule has 0 atom stereocenters. The average molecular weight is 433 g/mol. The van der Waals surface area contributed by atoms with Crippen molar-refractivity contribution in [1.29, 1.82) is 0 Å². The highest BCUT2D eigenvalue weighted by Crippen LogP contribution is 2.33. The number of benzene rings is 3. The van der Waals surface area contributed by atoms with Crippen LogP contribution in [-0.2, 0) is 4.84 Å². The molecule has 0 fully saturated rings. The number of carbonyl (C=O) groups is 3. The molecule has 3 N–H and O–H groups in total. The number of nitrogens with one attached hydrogen (secondary N) is 2. The minimum atomic E-state index is -0.661. The first-order valence-electron chi connectivity index (χ1n) is 9.73. The number of aromatic hydroxyl groups is 1. The molecule has 0 aliphatic heterocycles. The number of nitrogens with zero attached hydrogens (tertiary/aromatic N) is 1. The van der Waals surface area contributed by atoms with Gasteiger partial charge in [-0.25, -0.2) is 5.06 Å². The molecule has 0 aromatic heterocycles. The van der Waals surface area contributed by atoms with E-state index < -0.39 is 23.5 Å². The van der Waals surface area contributed by atoms with Gasteiger partial charge in [0, 0.05) is 23.9 Å². The first-order valence-corrected chi connectivity index (χ1v) is 9.73. The highest BCUT2D eigenvalue weighted by molar-refractivity contribution is 6.09. The zero-order valence-electron chi connectivity index (χ0n) is 17.9. The topological polar surface area (TPSA) is 108 Å². The molecule has 32 heavy (non-hydrogen) atoms. The van der Waals surface area contributed by atoms with Crippen molar-refractivity contribution in [2.45, 2.75) is 6.92 Å². The van der Waals surface area contributed by atoms with Crippen LogP contribution in [-0.4, -0.2) is 42.0 Å². The summed E-state index contributed by atoms with van der Waals surface area (Å²) >= 11 is 0. The summed E-state index contributed by atoms with van der Waals surface area (Å²) in [5, 5.41) is 16.9. The lowest BCUT2D eigenvalue weighted by molar-refractivity contribution is -0.0758. The van der Waals surface area contributed by atoms with Crippen LogP contribution in [0.3, 0.4) is 0 Å². The number of hydrogen-bond acceptors (Lipinski definition) is 5. The van der Waals surface area contributed by atoms with Crippen molar-refractivity contribution in [2.75, 3.05) is 24.8 Å². The number of aryl methyl sites for hydroxylation is 1. The van der Waals surface area contributed by atoms with Crippen molar-refractivity contribution in [3.05, 3.63) is 89.0 Å². The van der Waals surface area contributed by atoms with Crippen LogP contribution in [0.1, 0.15) is 36.6 Å². The maximum atomic E-state index is 12.7. The summed E-state index contributed by atoms with van der Waals surface area (Å²) in [5.74, 6) is -2.00. The van der Waals surface area contributed by atoms with Crippen molar-refractivity contribution < 1.29 is 24.3 Å². The summed E-state index contributed by atoms with van der Waals surface area (Å²) < 4.78 is 0. The minimum absolute atomic E-state index is 0.0331. The van der Waals surface area contributed by atoms with Crippen LogP contribution < -0.4 is 10.6 Å². The van der Waals surface area contributed by atoms with Crippen molar-refractivity contribution in [1.82, 2.24) is 5.06 Å². The van der Waals surface area contributed by atoms with Gasteiger partial charge in [0.2, 0.25) is 0 Å². The fraction of sp³-hybridized carbons (Fsp3) is 0.125. The molecule has 0 spiro atoms. The maximum absolute atomic E-state index is 12.7. The van der Waals surface area contributed by atoms with E-state index in [2.05, 4.69) is 10.6 Å². The monoisotopic (exact) mass is 433 g/mol. The van der Waals surface area contributed by atoms with E-state index in [1.165, 1.54) is 26.3 Å². The Bertz CT molecular complexity index is 1140. The third-order valence-electron chi connectivity index (χ3n) is 4.76. The Balaban J connectivity index is 1.98. The van der Waals surface area contributed by atoms with Gasteiger partial charge in [-0.15, -0.1) is 0 Å². The second-order valence-corrected chi connectivity index (χ2v) is 7.05. The Kier molecular flexibility index (Phi) is 6.87.